The van der Waals surface area contributed by atoms with E-state index >= 15 is 0 Å². The molecule has 0 fully saturated rings. The normalized spacial score (nSPS) is 11.0. The van der Waals surface area contributed by atoms with Crippen LogP contribution < -0.4 is 11.1 Å². The van der Waals surface area contributed by atoms with Crippen LogP contribution in [0.1, 0.15) is 30.5 Å². The number of amides is 1. The van der Waals surface area contributed by atoms with E-state index in [-0.39, 0.29) is 6.61 Å². The van der Waals surface area contributed by atoms with Gasteiger partial charge in [0, 0.05) is 6.54 Å². The van der Waals surface area contributed by atoms with Crippen molar-refractivity contribution in [3.63, 3.8) is 0 Å². The average Bonchev–Trinajstić information content (AvgIpc) is 2.53. The lowest BCUT2D eigenvalue weighted by Gasteiger charge is -2.26. The van der Waals surface area contributed by atoms with E-state index in [1.165, 1.54) is 0 Å². The molecule has 0 atom stereocenters. The largest absolute Gasteiger partial charge is 0.445 e. The predicted octanol–water partition coefficient (Wildman–Crippen LogP) is 3.31. The van der Waals surface area contributed by atoms with Gasteiger partial charge in [0.15, 0.2) is 0 Å². The van der Waals surface area contributed by atoms with Gasteiger partial charge in [-0.15, -0.1) is 0 Å². The van der Waals surface area contributed by atoms with Crippen LogP contribution in [-0.4, -0.2) is 6.09 Å². The van der Waals surface area contributed by atoms with Crippen molar-refractivity contribution >= 4 is 6.09 Å². The summed E-state index contributed by atoms with van der Waals surface area (Å²) in [5.74, 6) is 0. The Hall–Kier alpha value is -2.33. The molecule has 0 aliphatic heterocycles. The summed E-state index contributed by atoms with van der Waals surface area (Å²) >= 11 is 0. The first kappa shape index (κ1) is 16.0. The van der Waals surface area contributed by atoms with Gasteiger partial charge >= 0.3 is 6.09 Å². The van der Waals surface area contributed by atoms with Gasteiger partial charge in [0.1, 0.15) is 6.61 Å². The minimum Gasteiger partial charge on any atom is -0.445 e. The quantitative estimate of drug-likeness (QED) is 0.890. The molecule has 116 valence electrons. The highest BCUT2D eigenvalue weighted by Gasteiger charge is 2.23. The van der Waals surface area contributed by atoms with Crippen LogP contribution in [0.2, 0.25) is 0 Å². The Morgan fingerprint density at radius 2 is 1.68 bits per heavy atom. The molecule has 0 radical (unpaired) electrons. The first-order chi connectivity index (χ1) is 10.5. The van der Waals surface area contributed by atoms with Crippen molar-refractivity contribution in [2.45, 2.75) is 32.5 Å². The second kappa shape index (κ2) is 7.09. The third-order valence-corrected chi connectivity index (χ3v) is 3.54. The van der Waals surface area contributed by atoms with Gasteiger partial charge < -0.3 is 15.8 Å². The Morgan fingerprint density at radius 1 is 1.05 bits per heavy atom. The summed E-state index contributed by atoms with van der Waals surface area (Å²) in [6.45, 7) is 4.64. The summed E-state index contributed by atoms with van der Waals surface area (Å²) in [4.78, 5) is 12.0. The SMILES string of the molecule is CC(C)(NC(=O)OCc1ccccc1)c1ccc(CN)cc1. The van der Waals surface area contributed by atoms with Crippen molar-refractivity contribution in [3.8, 4) is 0 Å². The summed E-state index contributed by atoms with van der Waals surface area (Å²) in [6.07, 6.45) is -0.434. The Balaban J connectivity index is 1.93. The molecule has 0 spiro atoms. The molecule has 0 bridgehead atoms. The number of carbonyl (C=O) groups is 1. The molecule has 0 aliphatic rings. The monoisotopic (exact) mass is 298 g/mol. The zero-order chi connectivity index (χ0) is 16.0. The van der Waals surface area contributed by atoms with Crippen LogP contribution in [0.3, 0.4) is 0 Å². The zero-order valence-corrected chi connectivity index (χ0v) is 13.0. The van der Waals surface area contributed by atoms with Gasteiger partial charge in [-0.2, -0.15) is 0 Å². The van der Waals surface area contributed by atoms with Crippen molar-refractivity contribution < 1.29 is 9.53 Å². The van der Waals surface area contributed by atoms with Gasteiger partial charge in [-0.3, -0.25) is 0 Å². The summed E-state index contributed by atoms with van der Waals surface area (Å²) in [7, 11) is 0. The van der Waals surface area contributed by atoms with Crippen molar-refractivity contribution in [2.24, 2.45) is 5.73 Å². The van der Waals surface area contributed by atoms with E-state index in [1.807, 2.05) is 68.4 Å². The van der Waals surface area contributed by atoms with Gasteiger partial charge in [0.25, 0.3) is 0 Å². The maximum absolute atomic E-state index is 12.0. The molecular formula is C18H22N2O2. The highest BCUT2D eigenvalue weighted by atomic mass is 16.5. The minimum atomic E-state index is -0.513. The van der Waals surface area contributed by atoms with Gasteiger partial charge in [-0.1, -0.05) is 54.6 Å². The molecule has 22 heavy (non-hydrogen) atoms. The van der Waals surface area contributed by atoms with Gasteiger partial charge in [-0.25, -0.2) is 4.79 Å². The number of carbonyl (C=O) groups excluding carboxylic acids is 1. The van der Waals surface area contributed by atoms with E-state index < -0.39 is 11.6 Å². The van der Waals surface area contributed by atoms with Crippen LogP contribution >= 0.6 is 0 Å². The van der Waals surface area contributed by atoms with Crippen LogP contribution in [0, 0.1) is 0 Å². The maximum Gasteiger partial charge on any atom is 0.408 e. The molecule has 2 aromatic rings. The van der Waals surface area contributed by atoms with Crippen LogP contribution in [0.5, 0.6) is 0 Å². The molecule has 4 heteroatoms. The number of nitrogens with one attached hydrogen (secondary N) is 1. The molecule has 0 heterocycles. The maximum atomic E-state index is 12.0. The number of alkyl carbamates (subject to hydrolysis) is 1. The van der Waals surface area contributed by atoms with E-state index in [1.54, 1.807) is 0 Å². The molecule has 4 nitrogen and oxygen atoms in total. The fourth-order valence-electron chi connectivity index (χ4n) is 2.14. The molecule has 0 saturated carbocycles. The minimum absolute atomic E-state index is 0.259. The number of nitrogens with two attached hydrogens (primary N) is 1. The average molecular weight is 298 g/mol. The molecular weight excluding hydrogens is 276 g/mol. The molecule has 0 aromatic heterocycles. The highest BCUT2D eigenvalue weighted by molar-refractivity contribution is 5.68. The van der Waals surface area contributed by atoms with E-state index in [0.29, 0.717) is 6.54 Å². The topological polar surface area (TPSA) is 64.3 Å². The van der Waals surface area contributed by atoms with Crippen LogP contribution in [0.4, 0.5) is 4.79 Å². The lowest BCUT2D eigenvalue weighted by molar-refractivity contribution is 0.129. The lowest BCUT2D eigenvalue weighted by Crippen LogP contribution is -2.41. The third-order valence-electron chi connectivity index (χ3n) is 3.54. The summed E-state index contributed by atoms with van der Waals surface area (Å²) in [6, 6.07) is 17.5. The smallest absolute Gasteiger partial charge is 0.408 e. The Bertz CT molecular complexity index is 607. The fourth-order valence-corrected chi connectivity index (χ4v) is 2.14. The van der Waals surface area contributed by atoms with Crippen molar-refractivity contribution in [1.29, 1.82) is 0 Å². The fraction of sp³-hybridized carbons (Fsp3) is 0.278. The van der Waals surface area contributed by atoms with Gasteiger partial charge in [0.2, 0.25) is 0 Å². The van der Waals surface area contributed by atoms with Crippen molar-refractivity contribution in [2.75, 3.05) is 0 Å². The molecule has 2 rings (SSSR count). The first-order valence-corrected chi connectivity index (χ1v) is 7.29. The highest BCUT2D eigenvalue weighted by Crippen LogP contribution is 2.20. The van der Waals surface area contributed by atoms with E-state index in [0.717, 1.165) is 16.7 Å². The van der Waals surface area contributed by atoms with Crippen LogP contribution in [0.15, 0.2) is 54.6 Å². The van der Waals surface area contributed by atoms with E-state index in [2.05, 4.69) is 5.32 Å². The lowest BCUT2D eigenvalue weighted by atomic mass is 9.93. The Labute approximate surface area is 131 Å². The predicted molar refractivity (Wildman–Crippen MR) is 87.1 cm³/mol. The van der Waals surface area contributed by atoms with Crippen molar-refractivity contribution in [3.05, 3.63) is 71.3 Å². The molecule has 0 unspecified atom stereocenters. The van der Waals surface area contributed by atoms with Gasteiger partial charge in [-0.05, 0) is 30.5 Å². The van der Waals surface area contributed by atoms with E-state index in [9.17, 15) is 4.79 Å². The number of hydrogen-bond donors (Lipinski definition) is 2. The molecule has 2 aromatic carbocycles. The van der Waals surface area contributed by atoms with Crippen molar-refractivity contribution in [1.82, 2.24) is 5.32 Å². The molecule has 3 N–H and O–H groups in total. The standard InChI is InChI=1S/C18H22N2O2/c1-18(2,16-10-8-14(12-19)9-11-16)20-17(21)22-13-15-6-4-3-5-7-15/h3-11H,12-13,19H2,1-2H3,(H,20,21). The van der Waals surface area contributed by atoms with Crippen LogP contribution in [-0.2, 0) is 23.4 Å². The number of rotatable bonds is 5. The van der Waals surface area contributed by atoms with Gasteiger partial charge in [0.05, 0.1) is 5.54 Å². The third kappa shape index (κ3) is 4.33. The Morgan fingerprint density at radius 3 is 2.27 bits per heavy atom. The number of ether oxygens (including phenoxy) is 1. The second-order valence-electron chi connectivity index (χ2n) is 5.71. The summed E-state index contributed by atoms with van der Waals surface area (Å²) in [5, 5.41) is 2.89. The molecule has 0 aliphatic carbocycles. The van der Waals surface area contributed by atoms with Crippen LogP contribution in [0.25, 0.3) is 0 Å². The number of hydrogen-bond acceptors (Lipinski definition) is 3. The number of benzene rings is 2. The molecule has 1 amide bonds. The molecule has 0 saturated heterocycles. The second-order valence-corrected chi connectivity index (χ2v) is 5.71. The van der Waals surface area contributed by atoms with E-state index in [4.69, 9.17) is 10.5 Å². The Kier molecular flexibility index (Phi) is 5.17. The first-order valence-electron chi connectivity index (χ1n) is 7.29. The summed E-state index contributed by atoms with van der Waals surface area (Å²) < 4.78 is 5.26. The zero-order valence-electron chi connectivity index (χ0n) is 13.0. The summed E-state index contributed by atoms with van der Waals surface area (Å²) in [5.41, 5.74) is 8.11.